The number of hydrogen-bond donors (Lipinski definition) is 1. The maximum atomic E-state index is 12.5. The Balaban J connectivity index is 2.12. The molecule has 2 atom stereocenters. The zero-order valence-corrected chi connectivity index (χ0v) is 12.5. The second kappa shape index (κ2) is 6.28. The number of amides is 1. The van der Waals surface area contributed by atoms with Crippen molar-refractivity contribution in [2.45, 2.75) is 31.3 Å². The van der Waals surface area contributed by atoms with Crippen LogP contribution in [0.2, 0.25) is 0 Å². The van der Waals surface area contributed by atoms with Crippen LogP contribution in [0.1, 0.15) is 31.3 Å². The van der Waals surface area contributed by atoms with Crippen molar-refractivity contribution in [2.24, 2.45) is 0 Å². The minimum absolute atomic E-state index is 0.0405. The molecule has 1 aliphatic rings. The number of hydrogen-bond acceptors (Lipinski definition) is 4. The normalized spacial score (nSPS) is 23.2. The van der Waals surface area contributed by atoms with E-state index in [1.807, 2.05) is 35.7 Å². The SMILES string of the molecule is CCNc1ccnc(C(=O)N2CC(C)SC(C)C2)c1. The van der Waals surface area contributed by atoms with Gasteiger partial charge in [0.15, 0.2) is 0 Å². The first-order valence-electron chi connectivity index (χ1n) is 6.74. The molecule has 0 spiro atoms. The lowest BCUT2D eigenvalue weighted by molar-refractivity contribution is 0.0747. The fourth-order valence-corrected chi connectivity index (χ4v) is 3.69. The van der Waals surface area contributed by atoms with Gasteiger partial charge < -0.3 is 10.2 Å². The molecule has 104 valence electrons. The van der Waals surface area contributed by atoms with Crippen molar-refractivity contribution in [3.63, 3.8) is 0 Å². The van der Waals surface area contributed by atoms with E-state index in [0.29, 0.717) is 16.2 Å². The summed E-state index contributed by atoms with van der Waals surface area (Å²) in [5.41, 5.74) is 1.48. The molecule has 0 saturated carbocycles. The summed E-state index contributed by atoms with van der Waals surface area (Å²) in [6.07, 6.45) is 1.69. The Bertz CT molecular complexity index is 442. The summed E-state index contributed by atoms with van der Waals surface area (Å²) in [7, 11) is 0. The highest BCUT2D eigenvalue weighted by Crippen LogP contribution is 2.25. The van der Waals surface area contributed by atoms with Crippen LogP contribution in [-0.4, -0.2) is 45.9 Å². The van der Waals surface area contributed by atoms with Gasteiger partial charge >= 0.3 is 0 Å². The van der Waals surface area contributed by atoms with Crippen LogP contribution >= 0.6 is 11.8 Å². The average molecular weight is 279 g/mol. The highest BCUT2D eigenvalue weighted by Gasteiger charge is 2.27. The lowest BCUT2D eigenvalue weighted by Crippen LogP contribution is -2.44. The largest absolute Gasteiger partial charge is 0.385 e. The van der Waals surface area contributed by atoms with Crippen molar-refractivity contribution in [2.75, 3.05) is 25.0 Å². The number of aromatic nitrogens is 1. The molecular formula is C14H21N3OS. The molecule has 0 aliphatic carbocycles. The van der Waals surface area contributed by atoms with E-state index in [4.69, 9.17) is 0 Å². The number of thioether (sulfide) groups is 1. The zero-order chi connectivity index (χ0) is 13.8. The first-order valence-corrected chi connectivity index (χ1v) is 7.69. The van der Waals surface area contributed by atoms with Crippen LogP contribution in [-0.2, 0) is 0 Å². The lowest BCUT2D eigenvalue weighted by Gasteiger charge is -2.34. The molecule has 0 bridgehead atoms. The lowest BCUT2D eigenvalue weighted by atomic mass is 10.2. The molecule has 1 aliphatic heterocycles. The molecule has 1 amide bonds. The van der Waals surface area contributed by atoms with Gasteiger partial charge in [0, 0.05) is 42.0 Å². The van der Waals surface area contributed by atoms with Gasteiger partial charge in [0.1, 0.15) is 5.69 Å². The molecule has 2 heterocycles. The van der Waals surface area contributed by atoms with E-state index in [1.54, 1.807) is 6.20 Å². The molecule has 1 aromatic heterocycles. The van der Waals surface area contributed by atoms with Crippen LogP contribution in [0.3, 0.4) is 0 Å². The third kappa shape index (κ3) is 3.62. The molecular weight excluding hydrogens is 258 g/mol. The molecule has 1 saturated heterocycles. The summed E-state index contributed by atoms with van der Waals surface area (Å²) in [5.74, 6) is 0.0405. The van der Waals surface area contributed by atoms with Crippen LogP contribution in [0.5, 0.6) is 0 Å². The summed E-state index contributed by atoms with van der Waals surface area (Å²) >= 11 is 1.94. The molecule has 0 radical (unpaired) electrons. The smallest absolute Gasteiger partial charge is 0.272 e. The Morgan fingerprint density at radius 1 is 1.47 bits per heavy atom. The summed E-state index contributed by atoms with van der Waals surface area (Å²) < 4.78 is 0. The molecule has 19 heavy (non-hydrogen) atoms. The molecule has 1 fully saturated rings. The maximum Gasteiger partial charge on any atom is 0.272 e. The summed E-state index contributed by atoms with van der Waals surface area (Å²) in [5, 5.41) is 4.19. The van der Waals surface area contributed by atoms with Gasteiger partial charge in [-0.1, -0.05) is 13.8 Å². The van der Waals surface area contributed by atoms with Gasteiger partial charge in [0.2, 0.25) is 0 Å². The first-order chi connectivity index (χ1) is 9.10. The minimum atomic E-state index is 0.0405. The second-order valence-corrected chi connectivity index (χ2v) is 6.81. The van der Waals surface area contributed by atoms with Crippen LogP contribution in [0.4, 0.5) is 5.69 Å². The van der Waals surface area contributed by atoms with Crippen LogP contribution in [0, 0.1) is 0 Å². The molecule has 5 heteroatoms. The van der Waals surface area contributed by atoms with Gasteiger partial charge in [-0.25, -0.2) is 0 Å². The van der Waals surface area contributed by atoms with Crippen molar-refractivity contribution < 1.29 is 4.79 Å². The van der Waals surface area contributed by atoms with E-state index in [9.17, 15) is 4.79 Å². The van der Waals surface area contributed by atoms with E-state index in [1.165, 1.54) is 0 Å². The Kier molecular flexibility index (Phi) is 4.69. The third-order valence-electron chi connectivity index (χ3n) is 3.07. The number of pyridine rings is 1. The van der Waals surface area contributed by atoms with Crippen LogP contribution in [0.15, 0.2) is 18.3 Å². The molecule has 2 rings (SSSR count). The second-order valence-electron chi connectivity index (χ2n) is 4.93. The van der Waals surface area contributed by atoms with Gasteiger partial charge in [-0.05, 0) is 19.1 Å². The quantitative estimate of drug-likeness (QED) is 0.923. The summed E-state index contributed by atoms with van der Waals surface area (Å²) in [6, 6.07) is 3.72. The van der Waals surface area contributed by atoms with E-state index < -0.39 is 0 Å². The van der Waals surface area contributed by atoms with E-state index in [-0.39, 0.29) is 5.91 Å². The highest BCUT2D eigenvalue weighted by molar-refractivity contribution is 8.00. The first kappa shape index (κ1) is 14.2. The Labute approximate surface area is 119 Å². The number of carbonyl (C=O) groups is 1. The van der Waals surface area contributed by atoms with Crippen molar-refractivity contribution in [1.29, 1.82) is 0 Å². The molecule has 2 unspecified atom stereocenters. The molecule has 0 aromatic carbocycles. The van der Waals surface area contributed by atoms with Crippen LogP contribution in [0.25, 0.3) is 0 Å². The van der Waals surface area contributed by atoms with Crippen molar-refractivity contribution in [3.8, 4) is 0 Å². The van der Waals surface area contributed by atoms with Crippen molar-refractivity contribution in [1.82, 2.24) is 9.88 Å². The van der Waals surface area contributed by atoms with Crippen LogP contribution < -0.4 is 5.32 Å². The minimum Gasteiger partial charge on any atom is -0.385 e. The molecule has 4 nitrogen and oxygen atoms in total. The fourth-order valence-electron chi connectivity index (χ4n) is 2.37. The average Bonchev–Trinajstić information content (AvgIpc) is 2.37. The van der Waals surface area contributed by atoms with Crippen molar-refractivity contribution >= 4 is 23.4 Å². The van der Waals surface area contributed by atoms with E-state index >= 15 is 0 Å². The van der Waals surface area contributed by atoms with Gasteiger partial charge in [-0.3, -0.25) is 9.78 Å². The third-order valence-corrected chi connectivity index (χ3v) is 4.29. The number of anilines is 1. The number of rotatable bonds is 3. The Hall–Kier alpha value is -1.23. The zero-order valence-electron chi connectivity index (χ0n) is 11.7. The maximum absolute atomic E-state index is 12.5. The topological polar surface area (TPSA) is 45.2 Å². The predicted molar refractivity (Wildman–Crippen MR) is 80.8 cm³/mol. The van der Waals surface area contributed by atoms with Gasteiger partial charge in [-0.15, -0.1) is 0 Å². The highest BCUT2D eigenvalue weighted by atomic mass is 32.2. The Morgan fingerprint density at radius 3 is 2.79 bits per heavy atom. The monoisotopic (exact) mass is 279 g/mol. The van der Waals surface area contributed by atoms with E-state index in [0.717, 1.165) is 25.3 Å². The number of nitrogens with zero attached hydrogens (tertiary/aromatic N) is 2. The fraction of sp³-hybridized carbons (Fsp3) is 0.571. The Morgan fingerprint density at radius 2 is 2.16 bits per heavy atom. The van der Waals surface area contributed by atoms with Gasteiger partial charge in [0.25, 0.3) is 5.91 Å². The van der Waals surface area contributed by atoms with Gasteiger partial charge in [0.05, 0.1) is 0 Å². The molecule has 1 N–H and O–H groups in total. The van der Waals surface area contributed by atoms with E-state index in [2.05, 4.69) is 24.1 Å². The predicted octanol–water partition coefficient (Wildman–Crippen LogP) is 2.48. The number of carbonyl (C=O) groups excluding carboxylic acids is 1. The van der Waals surface area contributed by atoms with Crippen molar-refractivity contribution in [3.05, 3.63) is 24.0 Å². The molecule has 1 aromatic rings. The summed E-state index contributed by atoms with van der Waals surface area (Å²) in [4.78, 5) is 18.6. The standard InChI is InChI=1S/C14H21N3OS/c1-4-15-12-5-6-16-13(7-12)14(18)17-8-10(2)19-11(3)9-17/h5-7,10-11H,4,8-9H2,1-3H3,(H,15,16). The number of nitrogens with one attached hydrogen (secondary N) is 1. The summed E-state index contributed by atoms with van der Waals surface area (Å²) in [6.45, 7) is 8.83. The van der Waals surface area contributed by atoms with Gasteiger partial charge in [-0.2, -0.15) is 11.8 Å².